The van der Waals surface area contributed by atoms with Crippen molar-refractivity contribution in [2.75, 3.05) is 6.54 Å². The highest BCUT2D eigenvalue weighted by Gasteiger charge is 2.29. The summed E-state index contributed by atoms with van der Waals surface area (Å²) >= 11 is 0. The molecule has 1 aromatic carbocycles. The number of carboxylic acids is 1. The van der Waals surface area contributed by atoms with Crippen molar-refractivity contribution in [3.8, 4) is 0 Å². The molecule has 0 bridgehead atoms. The Balaban J connectivity index is 2.52. The lowest BCUT2D eigenvalue weighted by molar-refractivity contribution is -0.156. The highest BCUT2D eigenvalue weighted by atomic mass is 19.1. The highest BCUT2D eigenvalue weighted by Crippen LogP contribution is 2.05. The Labute approximate surface area is 109 Å². The zero-order valence-corrected chi connectivity index (χ0v) is 10.3. The first-order valence-corrected chi connectivity index (χ1v) is 5.48. The summed E-state index contributed by atoms with van der Waals surface area (Å²) in [5.41, 5.74) is -1.39. The van der Waals surface area contributed by atoms with Gasteiger partial charge in [-0.15, -0.1) is 0 Å². The molecule has 0 aliphatic rings. The highest BCUT2D eigenvalue weighted by molar-refractivity contribution is 5.92. The van der Waals surface area contributed by atoms with Gasteiger partial charge in [-0.05, 0) is 30.7 Å². The lowest BCUT2D eigenvalue weighted by Gasteiger charge is -2.17. The average Bonchev–Trinajstić information content (AvgIpc) is 2.35. The van der Waals surface area contributed by atoms with Crippen molar-refractivity contribution in [1.82, 2.24) is 5.32 Å². The van der Waals surface area contributed by atoms with Gasteiger partial charge in [0, 0.05) is 6.08 Å². The minimum absolute atomic E-state index is 0.376. The Kier molecular flexibility index (Phi) is 4.77. The molecular formula is C13H14FNO4. The summed E-state index contributed by atoms with van der Waals surface area (Å²) in [5.74, 6) is -2.35. The second-order valence-electron chi connectivity index (χ2n) is 4.18. The predicted molar refractivity (Wildman–Crippen MR) is 66.7 cm³/mol. The summed E-state index contributed by atoms with van der Waals surface area (Å²) in [7, 11) is 0. The van der Waals surface area contributed by atoms with Crippen LogP contribution >= 0.6 is 0 Å². The molecule has 0 aliphatic carbocycles. The Hall–Kier alpha value is -2.21. The summed E-state index contributed by atoms with van der Waals surface area (Å²) in [5, 5.41) is 20.3. The van der Waals surface area contributed by atoms with Crippen LogP contribution in [0.3, 0.4) is 0 Å². The third kappa shape index (κ3) is 4.89. The van der Waals surface area contributed by atoms with Gasteiger partial charge in [-0.1, -0.05) is 12.1 Å². The molecule has 0 fully saturated rings. The number of benzene rings is 1. The molecule has 0 aromatic heterocycles. The lowest BCUT2D eigenvalue weighted by Crippen LogP contribution is -2.46. The lowest BCUT2D eigenvalue weighted by atomic mass is 10.1. The Morgan fingerprint density at radius 1 is 1.37 bits per heavy atom. The van der Waals surface area contributed by atoms with E-state index in [9.17, 15) is 19.1 Å². The zero-order chi connectivity index (χ0) is 14.5. The Bertz CT molecular complexity index is 494. The number of aliphatic carboxylic acids is 1. The third-order valence-electron chi connectivity index (χ3n) is 2.36. The van der Waals surface area contributed by atoms with Gasteiger partial charge in [0.05, 0.1) is 6.54 Å². The maximum atomic E-state index is 12.6. The minimum Gasteiger partial charge on any atom is -0.479 e. The Morgan fingerprint density at radius 3 is 2.47 bits per heavy atom. The predicted octanol–water partition coefficient (Wildman–Crippen LogP) is 0.791. The van der Waals surface area contributed by atoms with Gasteiger partial charge in [0.25, 0.3) is 0 Å². The van der Waals surface area contributed by atoms with Crippen LogP contribution in [0.25, 0.3) is 6.08 Å². The molecule has 6 heteroatoms. The molecular weight excluding hydrogens is 253 g/mol. The van der Waals surface area contributed by atoms with E-state index in [1.54, 1.807) is 0 Å². The second kappa shape index (κ2) is 6.10. The van der Waals surface area contributed by atoms with Crippen molar-refractivity contribution >= 4 is 18.0 Å². The fraction of sp³-hybridized carbons (Fsp3) is 0.231. The van der Waals surface area contributed by atoms with Crippen LogP contribution in [0, 0.1) is 5.82 Å². The normalized spacial score (nSPS) is 14.1. The molecule has 102 valence electrons. The number of carbonyl (C=O) groups excluding carboxylic acids is 1. The number of halogens is 1. The Morgan fingerprint density at radius 2 is 1.95 bits per heavy atom. The van der Waals surface area contributed by atoms with Crippen molar-refractivity contribution in [2.24, 2.45) is 0 Å². The van der Waals surface area contributed by atoms with E-state index in [0.29, 0.717) is 5.56 Å². The van der Waals surface area contributed by atoms with Crippen LogP contribution in [0.15, 0.2) is 30.3 Å². The standard InChI is InChI=1S/C13H14FNO4/c1-13(19,12(17)18)8-15-11(16)7-4-9-2-5-10(14)6-3-9/h2-7,19H,8H2,1H3,(H,15,16)(H,17,18). The molecule has 0 heterocycles. The number of carbonyl (C=O) groups is 2. The van der Waals surface area contributed by atoms with Gasteiger partial charge in [0.2, 0.25) is 5.91 Å². The first-order chi connectivity index (χ1) is 8.81. The summed E-state index contributed by atoms with van der Waals surface area (Å²) < 4.78 is 12.6. The first-order valence-electron chi connectivity index (χ1n) is 5.48. The van der Waals surface area contributed by atoms with Crippen LogP contribution in [0.4, 0.5) is 4.39 Å². The fourth-order valence-electron chi connectivity index (χ4n) is 1.14. The SMILES string of the molecule is CC(O)(CNC(=O)C=Cc1ccc(F)cc1)C(=O)O. The molecule has 0 saturated carbocycles. The van der Waals surface area contributed by atoms with Gasteiger partial charge in [0.15, 0.2) is 5.60 Å². The van der Waals surface area contributed by atoms with Crippen LogP contribution < -0.4 is 5.32 Å². The van der Waals surface area contributed by atoms with Crippen LogP contribution in [0.1, 0.15) is 12.5 Å². The van der Waals surface area contributed by atoms with Crippen LogP contribution in [0.5, 0.6) is 0 Å². The quantitative estimate of drug-likeness (QED) is 0.688. The van der Waals surface area contributed by atoms with E-state index in [1.807, 2.05) is 0 Å². The monoisotopic (exact) mass is 267 g/mol. The van der Waals surface area contributed by atoms with E-state index in [-0.39, 0.29) is 5.82 Å². The zero-order valence-electron chi connectivity index (χ0n) is 10.3. The molecule has 0 aliphatic heterocycles. The number of carboxylic acid groups (broad SMARTS) is 1. The van der Waals surface area contributed by atoms with Crippen molar-refractivity contribution in [3.63, 3.8) is 0 Å². The van der Waals surface area contributed by atoms with Crippen molar-refractivity contribution < 1.29 is 24.2 Å². The van der Waals surface area contributed by atoms with Crippen molar-refractivity contribution in [1.29, 1.82) is 0 Å². The van der Waals surface area contributed by atoms with Gasteiger partial charge in [0.1, 0.15) is 5.82 Å². The van der Waals surface area contributed by atoms with E-state index < -0.39 is 24.0 Å². The average molecular weight is 267 g/mol. The topological polar surface area (TPSA) is 86.6 Å². The summed E-state index contributed by atoms with van der Waals surface area (Å²) in [6, 6.07) is 5.50. The largest absolute Gasteiger partial charge is 0.479 e. The molecule has 5 nitrogen and oxygen atoms in total. The molecule has 1 rings (SSSR count). The molecule has 1 atom stereocenters. The van der Waals surface area contributed by atoms with E-state index >= 15 is 0 Å². The van der Waals surface area contributed by atoms with E-state index in [4.69, 9.17) is 5.11 Å². The molecule has 0 saturated heterocycles. The number of rotatable bonds is 5. The molecule has 3 N–H and O–H groups in total. The van der Waals surface area contributed by atoms with Crippen LogP contribution in [-0.4, -0.2) is 34.2 Å². The van der Waals surface area contributed by atoms with Crippen LogP contribution in [-0.2, 0) is 9.59 Å². The van der Waals surface area contributed by atoms with Gasteiger partial charge >= 0.3 is 5.97 Å². The smallest absolute Gasteiger partial charge is 0.337 e. The minimum atomic E-state index is -2.01. The number of nitrogens with one attached hydrogen (secondary N) is 1. The second-order valence-corrected chi connectivity index (χ2v) is 4.18. The number of aliphatic hydroxyl groups is 1. The molecule has 1 aromatic rings. The summed E-state index contributed by atoms with van der Waals surface area (Å²) in [4.78, 5) is 22.0. The van der Waals surface area contributed by atoms with Gasteiger partial charge in [-0.3, -0.25) is 4.79 Å². The number of amides is 1. The van der Waals surface area contributed by atoms with Crippen LogP contribution in [0.2, 0.25) is 0 Å². The van der Waals surface area contributed by atoms with Gasteiger partial charge in [-0.25, -0.2) is 9.18 Å². The number of hydrogen-bond donors (Lipinski definition) is 3. The fourth-order valence-corrected chi connectivity index (χ4v) is 1.14. The van der Waals surface area contributed by atoms with Gasteiger partial charge in [-0.2, -0.15) is 0 Å². The summed E-state index contributed by atoms with van der Waals surface area (Å²) in [6.45, 7) is 0.675. The third-order valence-corrected chi connectivity index (χ3v) is 2.36. The summed E-state index contributed by atoms with van der Waals surface area (Å²) in [6.07, 6.45) is 2.62. The van der Waals surface area contributed by atoms with E-state index in [0.717, 1.165) is 6.92 Å². The maximum Gasteiger partial charge on any atom is 0.337 e. The van der Waals surface area contributed by atoms with Crippen molar-refractivity contribution in [3.05, 3.63) is 41.7 Å². The number of hydrogen-bond acceptors (Lipinski definition) is 3. The maximum absolute atomic E-state index is 12.6. The molecule has 1 unspecified atom stereocenters. The first kappa shape index (κ1) is 14.8. The van der Waals surface area contributed by atoms with Crippen molar-refractivity contribution in [2.45, 2.75) is 12.5 Å². The molecule has 0 spiro atoms. The molecule has 0 radical (unpaired) electrons. The van der Waals surface area contributed by atoms with Gasteiger partial charge < -0.3 is 15.5 Å². The van der Waals surface area contributed by atoms with E-state index in [1.165, 1.54) is 36.4 Å². The molecule has 1 amide bonds. The molecule has 19 heavy (non-hydrogen) atoms. The van der Waals surface area contributed by atoms with E-state index in [2.05, 4.69) is 5.32 Å².